The summed E-state index contributed by atoms with van der Waals surface area (Å²) in [5.74, 6) is 0.780. The van der Waals surface area contributed by atoms with Gasteiger partial charge >= 0.3 is 0 Å². The summed E-state index contributed by atoms with van der Waals surface area (Å²) in [5.41, 5.74) is 4.26. The van der Waals surface area contributed by atoms with E-state index in [1.807, 2.05) is 36.4 Å². The van der Waals surface area contributed by atoms with E-state index in [2.05, 4.69) is 34.2 Å². The molecular weight excluding hydrogens is 258 g/mol. The van der Waals surface area contributed by atoms with Crippen LogP contribution in [0.4, 0.5) is 5.82 Å². The molecular formula is C18H13N3. The van der Waals surface area contributed by atoms with Gasteiger partial charge in [0, 0.05) is 12.4 Å². The number of rotatable bonds is 2. The van der Waals surface area contributed by atoms with Crippen LogP contribution in [0.15, 0.2) is 78.0 Å². The Morgan fingerprint density at radius 1 is 0.714 bits per heavy atom. The zero-order chi connectivity index (χ0) is 14.1. The largest absolute Gasteiger partial charge is 0.255 e. The van der Waals surface area contributed by atoms with Crippen molar-refractivity contribution >= 4 is 11.5 Å². The number of nitrogens with zero attached hydrogens (tertiary/aromatic N) is 3. The minimum absolute atomic E-state index is 0.0531. The molecule has 2 aromatic carbocycles. The fourth-order valence-corrected chi connectivity index (χ4v) is 2.74. The van der Waals surface area contributed by atoms with Gasteiger partial charge in [0.2, 0.25) is 0 Å². The Labute approximate surface area is 123 Å². The maximum Gasteiger partial charge on any atom is 0.175 e. The molecule has 0 bridgehead atoms. The highest BCUT2D eigenvalue weighted by atomic mass is 15.0. The third kappa shape index (κ3) is 2.03. The lowest BCUT2D eigenvalue weighted by molar-refractivity contribution is 1.00. The van der Waals surface area contributed by atoms with E-state index in [0.717, 1.165) is 22.8 Å². The summed E-state index contributed by atoms with van der Waals surface area (Å²) in [6.07, 6.45) is 3.43. The van der Waals surface area contributed by atoms with Crippen molar-refractivity contribution in [2.75, 3.05) is 0 Å². The van der Waals surface area contributed by atoms with E-state index < -0.39 is 0 Å². The number of hydrogen-bond acceptors (Lipinski definition) is 3. The molecule has 0 saturated carbocycles. The van der Waals surface area contributed by atoms with Gasteiger partial charge in [-0.05, 0) is 11.1 Å². The molecule has 21 heavy (non-hydrogen) atoms. The monoisotopic (exact) mass is 271 g/mol. The highest BCUT2D eigenvalue weighted by Crippen LogP contribution is 2.38. The molecule has 0 fully saturated rings. The van der Waals surface area contributed by atoms with Crippen molar-refractivity contribution in [2.45, 2.75) is 5.92 Å². The van der Waals surface area contributed by atoms with Crippen LogP contribution >= 0.6 is 0 Å². The van der Waals surface area contributed by atoms with Crippen molar-refractivity contribution < 1.29 is 0 Å². The summed E-state index contributed by atoms with van der Waals surface area (Å²) in [6, 6.07) is 20.6. The normalized spacial score (nSPS) is 16.4. The van der Waals surface area contributed by atoms with Gasteiger partial charge in [-0.15, -0.1) is 0 Å². The summed E-state index contributed by atoms with van der Waals surface area (Å²) >= 11 is 0. The number of aliphatic imine (C=N–C) groups is 1. The van der Waals surface area contributed by atoms with Gasteiger partial charge in [0.1, 0.15) is 0 Å². The molecule has 0 saturated heterocycles. The molecule has 0 amide bonds. The molecule has 3 aromatic rings. The van der Waals surface area contributed by atoms with Crippen LogP contribution in [-0.2, 0) is 0 Å². The second kappa shape index (κ2) is 4.94. The van der Waals surface area contributed by atoms with Gasteiger partial charge in [-0.25, -0.2) is 9.98 Å². The molecule has 1 aromatic heterocycles. The van der Waals surface area contributed by atoms with Crippen molar-refractivity contribution in [1.82, 2.24) is 9.97 Å². The summed E-state index contributed by atoms with van der Waals surface area (Å²) in [7, 11) is 0. The highest BCUT2D eigenvalue weighted by Gasteiger charge is 2.31. The quantitative estimate of drug-likeness (QED) is 0.712. The van der Waals surface area contributed by atoms with Crippen LogP contribution in [0.5, 0.6) is 0 Å². The molecule has 4 rings (SSSR count). The second-order valence-electron chi connectivity index (χ2n) is 4.97. The molecule has 1 aliphatic rings. The Kier molecular flexibility index (Phi) is 2.82. The number of fused-ring (bicyclic) bond motifs is 1. The average Bonchev–Trinajstić information content (AvgIpc) is 2.96. The van der Waals surface area contributed by atoms with Crippen molar-refractivity contribution in [3.63, 3.8) is 0 Å². The fraction of sp³-hybridized carbons (Fsp3) is 0.0556. The van der Waals surface area contributed by atoms with Gasteiger partial charge in [0.25, 0.3) is 0 Å². The molecule has 0 aliphatic carbocycles. The summed E-state index contributed by atoms with van der Waals surface area (Å²) in [5, 5.41) is 0. The zero-order valence-corrected chi connectivity index (χ0v) is 11.3. The van der Waals surface area contributed by atoms with Gasteiger partial charge in [0.05, 0.1) is 17.3 Å². The fourth-order valence-electron chi connectivity index (χ4n) is 2.74. The van der Waals surface area contributed by atoms with Gasteiger partial charge in [-0.2, -0.15) is 0 Å². The molecule has 3 nitrogen and oxygen atoms in total. The van der Waals surface area contributed by atoms with Crippen molar-refractivity contribution in [1.29, 1.82) is 0 Å². The lowest BCUT2D eigenvalue weighted by Crippen LogP contribution is -2.12. The third-order valence-corrected chi connectivity index (χ3v) is 3.68. The maximum atomic E-state index is 4.72. The van der Waals surface area contributed by atoms with Gasteiger partial charge in [-0.3, -0.25) is 4.98 Å². The van der Waals surface area contributed by atoms with Crippen molar-refractivity contribution in [3.8, 4) is 0 Å². The summed E-state index contributed by atoms with van der Waals surface area (Å²) in [4.78, 5) is 13.6. The minimum Gasteiger partial charge on any atom is -0.255 e. The molecule has 0 radical (unpaired) electrons. The van der Waals surface area contributed by atoms with Gasteiger partial charge in [0.15, 0.2) is 5.82 Å². The smallest absolute Gasteiger partial charge is 0.175 e. The Balaban J connectivity index is 1.90. The van der Waals surface area contributed by atoms with E-state index in [1.165, 1.54) is 5.56 Å². The Bertz CT molecular complexity index is 795. The molecule has 1 atom stereocenters. The molecule has 1 unspecified atom stereocenters. The van der Waals surface area contributed by atoms with Crippen LogP contribution in [0.1, 0.15) is 22.7 Å². The molecule has 100 valence electrons. The van der Waals surface area contributed by atoms with Crippen LogP contribution < -0.4 is 0 Å². The molecule has 0 N–H and O–H groups in total. The molecule has 2 heterocycles. The first kappa shape index (κ1) is 12.0. The lowest BCUT2D eigenvalue weighted by atomic mass is 9.89. The van der Waals surface area contributed by atoms with E-state index in [9.17, 15) is 0 Å². The summed E-state index contributed by atoms with van der Waals surface area (Å²) in [6.45, 7) is 0. The van der Waals surface area contributed by atoms with E-state index in [-0.39, 0.29) is 5.92 Å². The molecule has 1 aliphatic heterocycles. The lowest BCUT2D eigenvalue weighted by Gasteiger charge is -2.14. The van der Waals surface area contributed by atoms with E-state index in [1.54, 1.807) is 12.4 Å². The van der Waals surface area contributed by atoms with Gasteiger partial charge in [-0.1, -0.05) is 60.7 Å². The first-order valence-corrected chi connectivity index (χ1v) is 6.93. The van der Waals surface area contributed by atoms with E-state index in [0.29, 0.717) is 0 Å². The predicted octanol–water partition coefficient (Wildman–Crippen LogP) is 3.74. The molecule has 0 spiro atoms. The van der Waals surface area contributed by atoms with Crippen molar-refractivity contribution in [3.05, 3.63) is 89.9 Å². The first-order chi connectivity index (χ1) is 10.4. The predicted molar refractivity (Wildman–Crippen MR) is 83.0 cm³/mol. The number of aromatic nitrogens is 2. The van der Waals surface area contributed by atoms with Crippen LogP contribution in [0.3, 0.4) is 0 Å². The Morgan fingerprint density at radius 2 is 1.38 bits per heavy atom. The van der Waals surface area contributed by atoms with Gasteiger partial charge < -0.3 is 0 Å². The van der Waals surface area contributed by atoms with Crippen LogP contribution in [-0.4, -0.2) is 15.7 Å². The van der Waals surface area contributed by atoms with Crippen LogP contribution in [0, 0.1) is 0 Å². The third-order valence-electron chi connectivity index (χ3n) is 3.68. The number of benzene rings is 2. The minimum atomic E-state index is 0.0531. The van der Waals surface area contributed by atoms with Crippen LogP contribution in [0.2, 0.25) is 0 Å². The Morgan fingerprint density at radius 3 is 2.14 bits per heavy atom. The standard InChI is InChI=1S/C18H13N3/c1-3-7-13(8-4-1)15-16(14-9-5-2-6-10-14)21-18-17(15)19-11-12-20-18/h1-12,15H. The first-order valence-electron chi connectivity index (χ1n) is 6.93. The topological polar surface area (TPSA) is 38.1 Å². The highest BCUT2D eigenvalue weighted by molar-refractivity contribution is 6.10. The SMILES string of the molecule is c1ccc(C2=Nc3nccnc3C2c2ccccc2)cc1. The maximum absolute atomic E-state index is 4.72. The van der Waals surface area contributed by atoms with Crippen molar-refractivity contribution in [2.24, 2.45) is 4.99 Å². The molecule has 3 heteroatoms. The zero-order valence-electron chi connectivity index (χ0n) is 11.3. The number of hydrogen-bond donors (Lipinski definition) is 0. The average molecular weight is 271 g/mol. The second-order valence-corrected chi connectivity index (χ2v) is 4.97. The van der Waals surface area contributed by atoms with Crippen LogP contribution in [0.25, 0.3) is 0 Å². The summed E-state index contributed by atoms with van der Waals surface area (Å²) < 4.78 is 0. The van der Waals surface area contributed by atoms with E-state index >= 15 is 0 Å². The Hall–Kier alpha value is -2.81. The van der Waals surface area contributed by atoms with E-state index in [4.69, 9.17) is 4.99 Å².